The first-order valence-corrected chi connectivity index (χ1v) is 6.62. The van der Waals surface area contributed by atoms with Crippen LogP contribution in [-0.4, -0.2) is 16.6 Å². The fourth-order valence-electron chi connectivity index (χ4n) is 1.30. The molecule has 0 bridgehead atoms. The lowest BCUT2D eigenvalue weighted by atomic mass is 10.1. The Bertz CT molecular complexity index is 506. The van der Waals surface area contributed by atoms with Gasteiger partial charge in [-0.25, -0.2) is 0 Å². The van der Waals surface area contributed by atoms with Crippen molar-refractivity contribution in [1.82, 2.24) is 10.6 Å². The molecule has 0 aliphatic rings. The van der Waals surface area contributed by atoms with Gasteiger partial charge in [-0.05, 0) is 50.7 Å². The third kappa shape index (κ3) is 6.36. The highest BCUT2D eigenvalue weighted by molar-refractivity contribution is 7.80. The van der Waals surface area contributed by atoms with Crippen LogP contribution in [0.1, 0.15) is 26.3 Å². The average molecular weight is 297 g/mol. The second-order valence-corrected chi connectivity index (χ2v) is 5.86. The Balaban J connectivity index is 2.57. The normalized spacial score (nSPS) is 11.4. The van der Waals surface area contributed by atoms with Crippen LogP contribution in [-0.2, 0) is 4.79 Å². The van der Waals surface area contributed by atoms with E-state index in [0.29, 0.717) is 10.1 Å². The van der Waals surface area contributed by atoms with E-state index in [4.69, 9.17) is 23.8 Å². The molecule has 2 N–H and O–H groups in total. The zero-order valence-electron chi connectivity index (χ0n) is 11.2. The van der Waals surface area contributed by atoms with Crippen LogP contribution in [0, 0.1) is 0 Å². The van der Waals surface area contributed by atoms with Gasteiger partial charge in [-0.3, -0.25) is 10.1 Å². The molecule has 0 spiro atoms. The number of nitrogens with one attached hydrogen (secondary N) is 2. The van der Waals surface area contributed by atoms with Crippen molar-refractivity contribution in [2.45, 2.75) is 26.3 Å². The first kappa shape index (κ1) is 15.7. The van der Waals surface area contributed by atoms with Gasteiger partial charge in [-0.1, -0.05) is 29.8 Å². The van der Waals surface area contributed by atoms with Gasteiger partial charge in [-0.2, -0.15) is 0 Å². The van der Waals surface area contributed by atoms with Crippen LogP contribution in [0.5, 0.6) is 0 Å². The van der Waals surface area contributed by atoms with Crippen molar-refractivity contribution in [2.24, 2.45) is 0 Å². The van der Waals surface area contributed by atoms with Gasteiger partial charge < -0.3 is 5.32 Å². The fourth-order valence-corrected chi connectivity index (χ4v) is 1.91. The molecule has 1 amide bonds. The molecule has 1 aromatic carbocycles. The molecule has 3 nitrogen and oxygen atoms in total. The summed E-state index contributed by atoms with van der Waals surface area (Å²) in [4.78, 5) is 11.7. The Kier molecular flexibility index (Phi) is 5.51. The zero-order valence-corrected chi connectivity index (χ0v) is 12.7. The highest BCUT2D eigenvalue weighted by Crippen LogP contribution is 2.15. The number of hydrogen-bond donors (Lipinski definition) is 2. The molecular weight excluding hydrogens is 280 g/mol. The predicted molar refractivity (Wildman–Crippen MR) is 84.1 cm³/mol. The lowest BCUT2D eigenvalue weighted by Gasteiger charge is -2.22. The maximum Gasteiger partial charge on any atom is 0.250 e. The summed E-state index contributed by atoms with van der Waals surface area (Å²) in [5, 5.41) is 6.48. The van der Waals surface area contributed by atoms with E-state index in [2.05, 4.69) is 10.6 Å². The molecule has 0 saturated heterocycles. The minimum absolute atomic E-state index is 0.184. The summed E-state index contributed by atoms with van der Waals surface area (Å²) in [7, 11) is 0. The third-order valence-electron chi connectivity index (χ3n) is 2.04. The molecule has 5 heteroatoms. The molecule has 0 radical (unpaired) electrons. The molecule has 102 valence electrons. The average Bonchev–Trinajstić information content (AvgIpc) is 2.25. The van der Waals surface area contributed by atoms with Crippen LogP contribution in [0.4, 0.5) is 0 Å². The van der Waals surface area contributed by atoms with E-state index >= 15 is 0 Å². The van der Waals surface area contributed by atoms with Crippen LogP contribution in [0.2, 0.25) is 5.02 Å². The monoisotopic (exact) mass is 296 g/mol. The van der Waals surface area contributed by atoms with Gasteiger partial charge in [0.2, 0.25) is 5.91 Å². The lowest BCUT2D eigenvalue weighted by molar-refractivity contribution is -0.115. The molecule has 0 unspecified atom stereocenters. The van der Waals surface area contributed by atoms with Gasteiger partial charge in [0.25, 0.3) is 0 Å². The highest BCUT2D eigenvalue weighted by Gasteiger charge is 2.11. The van der Waals surface area contributed by atoms with Crippen LogP contribution in [0.25, 0.3) is 6.08 Å². The molecule has 19 heavy (non-hydrogen) atoms. The van der Waals surface area contributed by atoms with Crippen molar-refractivity contribution in [2.75, 3.05) is 0 Å². The predicted octanol–water partition coefficient (Wildman–Crippen LogP) is 3.14. The number of carbonyl (C=O) groups excluding carboxylic acids is 1. The van der Waals surface area contributed by atoms with E-state index in [9.17, 15) is 4.79 Å². The molecule has 0 heterocycles. The number of hydrogen-bond acceptors (Lipinski definition) is 2. The standard InChI is InChI=1S/C14H17ClN2OS/c1-14(2,3)17-13(19)16-12(18)9-8-10-6-4-5-7-11(10)15/h4-9H,1-3H3,(H2,16,17,18,19). The maximum atomic E-state index is 11.7. The number of thiocarbonyl (C=S) groups is 1. The summed E-state index contributed by atoms with van der Waals surface area (Å²) >= 11 is 11.0. The minimum atomic E-state index is -0.290. The molecule has 0 fully saturated rings. The molecule has 0 aliphatic heterocycles. The molecule has 0 aromatic heterocycles. The zero-order chi connectivity index (χ0) is 14.5. The summed E-state index contributed by atoms with van der Waals surface area (Å²) in [5.74, 6) is -0.290. The van der Waals surface area contributed by atoms with Crippen molar-refractivity contribution in [1.29, 1.82) is 0 Å². The van der Waals surface area contributed by atoms with Crippen molar-refractivity contribution in [3.8, 4) is 0 Å². The van der Waals surface area contributed by atoms with Gasteiger partial charge >= 0.3 is 0 Å². The summed E-state index contributed by atoms with van der Waals surface area (Å²) in [6.45, 7) is 5.89. The molecule has 0 saturated carbocycles. The van der Waals surface area contributed by atoms with E-state index in [1.54, 1.807) is 12.1 Å². The third-order valence-corrected chi connectivity index (χ3v) is 2.59. The number of benzene rings is 1. The summed E-state index contributed by atoms with van der Waals surface area (Å²) in [6.07, 6.45) is 3.05. The molecule has 1 rings (SSSR count). The molecule has 0 atom stereocenters. The lowest BCUT2D eigenvalue weighted by Crippen LogP contribution is -2.47. The first-order chi connectivity index (χ1) is 8.78. The number of carbonyl (C=O) groups is 1. The van der Waals surface area contributed by atoms with E-state index in [1.165, 1.54) is 6.08 Å². The van der Waals surface area contributed by atoms with E-state index in [0.717, 1.165) is 5.56 Å². The van der Waals surface area contributed by atoms with Crippen molar-refractivity contribution in [3.63, 3.8) is 0 Å². The topological polar surface area (TPSA) is 41.1 Å². The Morgan fingerprint density at radius 3 is 2.53 bits per heavy atom. The van der Waals surface area contributed by atoms with Gasteiger partial charge in [0.1, 0.15) is 0 Å². The maximum absolute atomic E-state index is 11.7. The second kappa shape index (κ2) is 6.68. The largest absolute Gasteiger partial charge is 0.358 e. The molecular formula is C14H17ClN2OS. The summed E-state index contributed by atoms with van der Waals surface area (Å²) in [6, 6.07) is 7.29. The van der Waals surface area contributed by atoms with Gasteiger partial charge in [0, 0.05) is 16.6 Å². The minimum Gasteiger partial charge on any atom is -0.358 e. The van der Waals surface area contributed by atoms with Crippen LogP contribution in [0.3, 0.4) is 0 Å². The second-order valence-electron chi connectivity index (χ2n) is 5.05. The van der Waals surface area contributed by atoms with E-state index in [-0.39, 0.29) is 11.4 Å². The van der Waals surface area contributed by atoms with Crippen LogP contribution < -0.4 is 10.6 Å². The van der Waals surface area contributed by atoms with E-state index in [1.807, 2.05) is 39.0 Å². The van der Waals surface area contributed by atoms with Crippen molar-refractivity contribution >= 4 is 40.9 Å². The van der Waals surface area contributed by atoms with Gasteiger partial charge in [0.05, 0.1) is 0 Å². The summed E-state index contributed by atoms with van der Waals surface area (Å²) < 4.78 is 0. The Labute approximate surface area is 124 Å². The number of rotatable bonds is 2. The molecule has 1 aromatic rings. The quantitative estimate of drug-likeness (QED) is 0.651. The van der Waals surface area contributed by atoms with Crippen LogP contribution in [0.15, 0.2) is 30.3 Å². The Hall–Kier alpha value is -1.39. The summed E-state index contributed by atoms with van der Waals surface area (Å²) in [5.41, 5.74) is 0.602. The fraction of sp³-hybridized carbons (Fsp3) is 0.286. The highest BCUT2D eigenvalue weighted by atomic mass is 35.5. The number of halogens is 1. The Morgan fingerprint density at radius 2 is 1.95 bits per heavy atom. The molecule has 0 aliphatic carbocycles. The van der Waals surface area contributed by atoms with Gasteiger partial charge in [-0.15, -0.1) is 0 Å². The van der Waals surface area contributed by atoms with Gasteiger partial charge in [0.15, 0.2) is 5.11 Å². The van der Waals surface area contributed by atoms with Crippen LogP contribution >= 0.6 is 23.8 Å². The van der Waals surface area contributed by atoms with Crippen molar-refractivity contribution < 1.29 is 4.79 Å². The SMILES string of the molecule is CC(C)(C)NC(=S)NC(=O)C=Cc1ccccc1Cl. The first-order valence-electron chi connectivity index (χ1n) is 5.84. The van der Waals surface area contributed by atoms with E-state index < -0.39 is 0 Å². The Morgan fingerprint density at radius 1 is 1.32 bits per heavy atom. The van der Waals surface area contributed by atoms with Crippen molar-refractivity contribution in [3.05, 3.63) is 40.9 Å². The number of amides is 1. The smallest absolute Gasteiger partial charge is 0.250 e.